The van der Waals surface area contributed by atoms with E-state index in [4.69, 9.17) is 9.47 Å². The summed E-state index contributed by atoms with van der Waals surface area (Å²) in [5.41, 5.74) is 0. The van der Waals surface area contributed by atoms with Crippen LogP contribution in [0.2, 0.25) is 0 Å². The Hall–Kier alpha value is -0.0800. The maximum absolute atomic E-state index is 5.49. The molecule has 0 spiro atoms. The normalized spacial score (nSPS) is 36.3. The van der Waals surface area contributed by atoms with E-state index in [1.54, 1.807) is 0 Å². The van der Waals surface area contributed by atoms with Crippen molar-refractivity contribution in [2.24, 2.45) is 5.92 Å². The summed E-state index contributed by atoms with van der Waals surface area (Å²) in [5, 5.41) is 0. The van der Waals surface area contributed by atoms with Crippen LogP contribution in [0.5, 0.6) is 0 Å². The van der Waals surface area contributed by atoms with Crippen LogP contribution in [0, 0.1) is 5.92 Å². The molecule has 3 atom stereocenters. The highest BCUT2D eigenvalue weighted by Gasteiger charge is 2.26. The molecular weight excluding hydrogens is 128 g/mol. The summed E-state index contributed by atoms with van der Waals surface area (Å²) >= 11 is 0. The molecule has 1 rings (SSSR count). The number of rotatable bonds is 2. The fraction of sp³-hybridized carbons (Fsp3) is 1.00. The van der Waals surface area contributed by atoms with Crippen molar-refractivity contribution in [3.05, 3.63) is 0 Å². The van der Waals surface area contributed by atoms with Crippen molar-refractivity contribution in [2.45, 2.75) is 39.6 Å². The first-order valence-corrected chi connectivity index (χ1v) is 4.01. The highest BCUT2D eigenvalue weighted by Crippen LogP contribution is 2.19. The van der Waals surface area contributed by atoms with Gasteiger partial charge in [0, 0.05) is 0 Å². The molecule has 1 fully saturated rings. The van der Waals surface area contributed by atoms with Gasteiger partial charge in [-0.2, -0.15) is 0 Å². The Kier molecular flexibility index (Phi) is 2.69. The molecule has 60 valence electrons. The van der Waals surface area contributed by atoms with Gasteiger partial charge in [-0.05, 0) is 12.8 Å². The van der Waals surface area contributed by atoms with Crippen molar-refractivity contribution >= 4 is 0 Å². The topological polar surface area (TPSA) is 18.5 Å². The van der Waals surface area contributed by atoms with Crippen molar-refractivity contribution in [3.8, 4) is 0 Å². The highest BCUT2D eigenvalue weighted by atomic mass is 16.7. The lowest BCUT2D eigenvalue weighted by atomic mass is 10.0. The summed E-state index contributed by atoms with van der Waals surface area (Å²) in [6, 6.07) is 0. The quantitative estimate of drug-likeness (QED) is 0.588. The zero-order chi connectivity index (χ0) is 7.56. The van der Waals surface area contributed by atoms with Crippen LogP contribution in [0.4, 0.5) is 0 Å². The van der Waals surface area contributed by atoms with Crippen LogP contribution in [0.25, 0.3) is 0 Å². The molecule has 0 bridgehead atoms. The molecule has 0 aromatic rings. The average Bonchev–Trinajstić information content (AvgIpc) is 2.34. The molecule has 2 nitrogen and oxygen atoms in total. The smallest absolute Gasteiger partial charge is 0.155 e. The minimum atomic E-state index is 0.0130. The van der Waals surface area contributed by atoms with E-state index < -0.39 is 0 Å². The number of hydrogen-bond donors (Lipinski definition) is 0. The van der Waals surface area contributed by atoms with Crippen molar-refractivity contribution in [2.75, 3.05) is 6.61 Å². The van der Waals surface area contributed by atoms with Gasteiger partial charge in [0.05, 0.1) is 12.7 Å². The summed E-state index contributed by atoms with van der Waals surface area (Å²) in [6.45, 7) is 7.10. The molecule has 2 unspecified atom stereocenters. The Balaban J connectivity index is 2.29. The molecule has 0 aliphatic carbocycles. The van der Waals surface area contributed by atoms with Gasteiger partial charge >= 0.3 is 0 Å². The summed E-state index contributed by atoms with van der Waals surface area (Å²) in [5.74, 6) is 0.630. The molecule has 0 amide bonds. The SMILES string of the molecule is CC[C@H](C)C1COC(C)O1. The van der Waals surface area contributed by atoms with Gasteiger partial charge in [0.25, 0.3) is 0 Å². The van der Waals surface area contributed by atoms with Crippen molar-refractivity contribution in [3.63, 3.8) is 0 Å². The van der Waals surface area contributed by atoms with Gasteiger partial charge in [0.1, 0.15) is 0 Å². The zero-order valence-corrected chi connectivity index (χ0v) is 6.96. The Labute approximate surface area is 62.5 Å². The third-order valence-corrected chi connectivity index (χ3v) is 2.14. The molecule has 1 heterocycles. The van der Waals surface area contributed by atoms with Gasteiger partial charge in [-0.3, -0.25) is 0 Å². The van der Waals surface area contributed by atoms with E-state index in [0.29, 0.717) is 12.0 Å². The second-order valence-electron chi connectivity index (χ2n) is 2.96. The first-order valence-electron chi connectivity index (χ1n) is 4.01. The van der Waals surface area contributed by atoms with E-state index in [-0.39, 0.29) is 6.29 Å². The molecule has 1 aliphatic heterocycles. The predicted octanol–water partition coefficient (Wildman–Crippen LogP) is 1.79. The Bertz CT molecular complexity index is 103. The third-order valence-electron chi connectivity index (χ3n) is 2.14. The third kappa shape index (κ3) is 1.70. The van der Waals surface area contributed by atoms with Gasteiger partial charge < -0.3 is 9.47 Å². The van der Waals surface area contributed by atoms with Crippen molar-refractivity contribution in [1.29, 1.82) is 0 Å². The summed E-state index contributed by atoms with van der Waals surface area (Å²) < 4.78 is 10.8. The van der Waals surface area contributed by atoms with E-state index in [9.17, 15) is 0 Å². The van der Waals surface area contributed by atoms with E-state index >= 15 is 0 Å². The first-order chi connectivity index (χ1) is 4.74. The highest BCUT2D eigenvalue weighted by molar-refractivity contribution is 4.68. The van der Waals surface area contributed by atoms with Gasteiger partial charge in [0.2, 0.25) is 0 Å². The van der Waals surface area contributed by atoms with Crippen LogP contribution < -0.4 is 0 Å². The van der Waals surface area contributed by atoms with Gasteiger partial charge in [-0.25, -0.2) is 0 Å². The summed E-state index contributed by atoms with van der Waals surface area (Å²) in [4.78, 5) is 0. The molecule has 0 radical (unpaired) electrons. The molecule has 0 aromatic heterocycles. The van der Waals surface area contributed by atoms with Gasteiger partial charge in [-0.15, -0.1) is 0 Å². The Morgan fingerprint density at radius 2 is 2.30 bits per heavy atom. The van der Waals surface area contributed by atoms with E-state index in [1.165, 1.54) is 6.42 Å². The summed E-state index contributed by atoms with van der Waals surface area (Å²) in [6.07, 6.45) is 1.51. The Morgan fingerprint density at radius 1 is 1.60 bits per heavy atom. The van der Waals surface area contributed by atoms with E-state index in [2.05, 4.69) is 13.8 Å². The monoisotopic (exact) mass is 144 g/mol. The second kappa shape index (κ2) is 3.35. The van der Waals surface area contributed by atoms with Crippen LogP contribution in [0.3, 0.4) is 0 Å². The summed E-state index contributed by atoms with van der Waals surface area (Å²) in [7, 11) is 0. The molecule has 0 saturated carbocycles. The molecule has 0 aromatic carbocycles. The maximum Gasteiger partial charge on any atom is 0.155 e. The zero-order valence-electron chi connectivity index (χ0n) is 6.96. The lowest BCUT2D eigenvalue weighted by Crippen LogP contribution is -2.19. The fourth-order valence-corrected chi connectivity index (χ4v) is 1.12. The Morgan fingerprint density at radius 3 is 2.70 bits per heavy atom. The largest absolute Gasteiger partial charge is 0.350 e. The lowest BCUT2D eigenvalue weighted by Gasteiger charge is -2.14. The van der Waals surface area contributed by atoms with E-state index in [0.717, 1.165) is 6.61 Å². The molecular formula is C8H16O2. The average molecular weight is 144 g/mol. The van der Waals surface area contributed by atoms with Crippen molar-refractivity contribution < 1.29 is 9.47 Å². The first kappa shape index (κ1) is 8.02. The van der Waals surface area contributed by atoms with Crippen LogP contribution in [0.15, 0.2) is 0 Å². The maximum atomic E-state index is 5.49. The minimum absolute atomic E-state index is 0.0130. The minimum Gasteiger partial charge on any atom is -0.350 e. The molecule has 0 N–H and O–H groups in total. The molecule has 1 aliphatic rings. The van der Waals surface area contributed by atoms with Crippen LogP contribution in [-0.2, 0) is 9.47 Å². The van der Waals surface area contributed by atoms with Crippen LogP contribution in [0.1, 0.15) is 27.2 Å². The predicted molar refractivity (Wildman–Crippen MR) is 39.7 cm³/mol. The van der Waals surface area contributed by atoms with Crippen molar-refractivity contribution in [1.82, 2.24) is 0 Å². The molecule has 10 heavy (non-hydrogen) atoms. The number of ether oxygens (including phenoxy) is 2. The molecule has 2 heteroatoms. The standard InChI is InChI=1S/C8H16O2/c1-4-6(2)8-5-9-7(3)10-8/h6-8H,4-5H2,1-3H3/t6-,7?,8?/m0/s1. The van der Waals surface area contributed by atoms with Crippen LogP contribution >= 0.6 is 0 Å². The lowest BCUT2D eigenvalue weighted by molar-refractivity contribution is -0.0512. The number of hydrogen-bond acceptors (Lipinski definition) is 2. The molecule has 1 saturated heterocycles. The van der Waals surface area contributed by atoms with E-state index in [1.807, 2.05) is 6.92 Å². The fourth-order valence-electron chi connectivity index (χ4n) is 1.12. The van der Waals surface area contributed by atoms with Crippen LogP contribution in [-0.4, -0.2) is 19.0 Å². The van der Waals surface area contributed by atoms with Gasteiger partial charge in [-0.1, -0.05) is 20.3 Å². The van der Waals surface area contributed by atoms with Gasteiger partial charge in [0.15, 0.2) is 6.29 Å². The second-order valence-corrected chi connectivity index (χ2v) is 2.96.